The Balaban J connectivity index is 2.14. The Kier molecular flexibility index (Phi) is 2.75. The highest BCUT2D eigenvalue weighted by Gasteiger charge is 2.16. The van der Waals surface area contributed by atoms with Gasteiger partial charge in [-0.3, -0.25) is 0 Å². The smallest absolute Gasteiger partial charge is 0.131 e. The van der Waals surface area contributed by atoms with Gasteiger partial charge in [0.1, 0.15) is 13.7 Å². The highest BCUT2D eigenvalue weighted by Crippen LogP contribution is 2.26. The first-order valence-corrected chi connectivity index (χ1v) is 6.52. The first-order chi connectivity index (χ1) is 8.38. The Morgan fingerprint density at radius 2 is 1.94 bits per heavy atom. The molecule has 1 aromatic heterocycles. The van der Waals surface area contributed by atoms with Crippen LogP contribution in [0.5, 0.6) is 0 Å². The number of fused-ring (bicyclic) bond motifs is 1. The van der Waals surface area contributed by atoms with E-state index in [1.807, 2.05) is 0 Å². The molecule has 1 fully saturated rings. The maximum atomic E-state index is 4.85. The average molecular weight is 224 g/mol. The molecule has 0 aliphatic carbocycles. The van der Waals surface area contributed by atoms with E-state index < -0.39 is 0 Å². The van der Waals surface area contributed by atoms with Crippen LogP contribution in [0.4, 0.5) is 5.82 Å². The molecule has 0 unspecified atom stereocenters. The number of aromatic nitrogens is 1. The Morgan fingerprint density at radius 1 is 1.18 bits per heavy atom. The van der Waals surface area contributed by atoms with Gasteiger partial charge < -0.3 is 4.90 Å². The summed E-state index contributed by atoms with van der Waals surface area (Å²) in [6.07, 6.45) is 3.67. The average Bonchev–Trinajstić information content (AvgIpc) is 2.91. The van der Waals surface area contributed by atoms with Crippen LogP contribution in [-0.2, 0) is 6.32 Å². The zero-order valence-corrected chi connectivity index (χ0v) is 10.3. The maximum Gasteiger partial charge on any atom is 0.131 e. The van der Waals surface area contributed by atoms with Gasteiger partial charge in [-0.1, -0.05) is 24.5 Å². The predicted molar refractivity (Wildman–Crippen MR) is 75.4 cm³/mol. The van der Waals surface area contributed by atoms with Gasteiger partial charge in [-0.2, -0.15) is 0 Å². The number of nitrogens with zero attached hydrogens (tertiary/aromatic N) is 2. The van der Waals surface area contributed by atoms with Crippen LogP contribution in [0.2, 0.25) is 0 Å². The van der Waals surface area contributed by atoms with Gasteiger partial charge >= 0.3 is 0 Å². The third-order valence-electron chi connectivity index (χ3n) is 3.57. The fourth-order valence-corrected chi connectivity index (χ4v) is 2.61. The summed E-state index contributed by atoms with van der Waals surface area (Å²) >= 11 is 0. The minimum absolute atomic E-state index is 1.06. The van der Waals surface area contributed by atoms with E-state index in [1.54, 1.807) is 0 Å². The summed E-state index contributed by atoms with van der Waals surface area (Å²) in [5.74, 6) is 1.21. The second kappa shape index (κ2) is 4.40. The summed E-state index contributed by atoms with van der Waals surface area (Å²) in [5.41, 5.74) is 2.50. The molecule has 3 heteroatoms. The van der Waals surface area contributed by atoms with Crippen molar-refractivity contribution >= 4 is 24.6 Å². The van der Waals surface area contributed by atoms with Crippen LogP contribution in [-0.4, -0.2) is 25.9 Å². The van der Waals surface area contributed by atoms with Crippen LogP contribution in [0.25, 0.3) is 10.9 Å². The molecule has 1 saturated heterocycles. The predicted octanol–water partition coefficient (Wildman–Crippen LogP) is 1.97. The molecule has 1 aliphatic rings. The molecule has 0 amide bonds. The van der Waals surface area contributed by atoms with Gasteiger partial charge in [-0.25, -0.2) is 4.98 Å². The molecule has 1 aliphatic heterocycles. The molecule has 0 spiro atoms. The Bertz CT molecular complexity index is 533. The molecule has 2 aromatic rings. The summed E-state index contributed by atoms with van der Waals surface area (Å²) in [6.45, 7) is 2.33. The molecule has 0 atom stereocenters. The molecule has 2 heterocycles. The van der Waals surface area contributed by atoms with Crippen molar-refractivity contribution in [2.45, 2.75) is 19.2 Å². The second-order valence-electron chi connectivity index (χ2n) is 4.71. The third-order valence-corrected chi connectivity index (χ3v) is 3.57. The van der Waals surface area contributed by atoms with Crippen molar-refractivity contribution in [1.82, 2.24) is 4.98 Å². The van der Waals surface area contributed by atoms with Crippen LogP contribution in [0.15, 0.2) is 30.3 Å². The highest BCUT2D eigenvalue weighted by molar-refractivity contribution is 6.09. The monoisotopic (exact) mass is 224 g/mol. The summed E-state index contributed by atoms with van der Waals surface area (Å²) in [6, 6.07) is 10.7. The Morgan fingerprint density at radius 3 is 2.71 bits per heavy atom. The summed E-state index contributed by atoms with van der Waals surface area (Å²) in [7, 11) is 2.21. The van der Waals surface area contributed by atoms with Crippen molar-refractivity contribution in [3.63, 3.8) is 0 Å². The highest BCUT2D eigenvalue weighted by atomic mass is 15.2. The number of rotatable bonds is 2. The van der Waals surface area contributed by atoms with Crippen LogP contribution in [0, 0.1) is 0 Å². The number of pyridine rings is 1. The minimum Gasteiger partial charge on any atom is -0.356 e. The number of hydrogen-bond donors (Lipinski definition) is 0. The van der Waals surface area contributed by atoms with Gasteiger partial charge in [0.25, 0.3) is 0 Å². The summed E-state index contributed by atoms with van der Waals surface area (Å²) < 4.78 is 0. The molecule has 0 bridgehead atoms. The van der Waals surface area contributed by atoms with Crippen molar-refractivity contribution in [2.24, 2.45) is 0 Å². The minimum atomic E-state index is 1.06. The standard InChI is InChI=1S/C14H17BN2/c15-10-12-9-11-5-1-2-6-13(11)16-14(12)17-7-3-4-8-17/h1-2,5-6,9H,3-4,7-8,10,15H2. The van der Waals surface area contributed by atoms with Gasteiger partial charge in [0.15, 0.2) is 0 Å². The van der Waals surface area contributed by atoms with Crippen LogP contribution in [0.1, 0.15) is 18.4 Å². The Labute approximate surface area is 103 Å². The quantitative estimate of drug-likeness (QED) is 0.725. The molecule has 0 saturated carbocycles. The van der Waals surface area contributed by atoms with Crippen LogP contribution < -0.4 is 4.90 Å². The van der Waals surface area contributed by atoms with Crippen LogP contribution >= 0.6 is 0 Å². The normalized spacial score (nSPS) is 15.6. The topological polar surface area (TPSA) is 16.1 Å². The van der Waals surface area contributed by atoms with E-state index in [-0.39, 0.29) is 0 Å². The molecule has 0 radical (unpaired) electrons. The van der Waals surface area contributed by atoms with Crippen molar-refractivity contribution in [2.75, 3.05) is 18.0 Å². The fourth-order valence-electron chi connectivity index (χ4n) is 2.61. The van der Waals surface area contributed by atoms with Gasteiger partial charge in [-0.05, 0) is 30.5 Å². The number of para-hydroxylation sites is 1. The molecule has 17 heavy (non-hydrogen) atoms. The molecule has 2 nitrogen and oxygen atoms in total. The lowest BCUT2D eigenvalue weighted by atomic mass is 9.96. The van der Waals surface area contributed by atoms with Gasteiger partial charge in [0, 0.05) is 18.5 Å². The van der Waals surface area contributed by atoms with Crippen molar-refractivity contribution in [3.05, 3.63) is 35.9 Å². The number of hydrogen-bond acceptors (Lipinski definition) is 2. The zero-order valence-electron chi connectivity index (χ0n) is 10.3. The first kappa shape index (κ1) is 10.6. The Hall–Kier alpha value is -1.51. The fraction of sp³-hybridized carbons (Fsp3) is 0.357. The third kappa shape index (κ3) is 1.90. The van der Waals surface area contributed by atoms with Crippen molar-refractivity contribution in [3.8, 4) is 0 Å². The lowest BCUT2D eigenvalue weighted by molar-refractivity contribution is 0.933. The lowest BCUT2D eigenvalue weighted by Gasteiger charge is -2.20. The largest absolute Gasteiger partial charge is 0.356 e. The summed E-state index contributed by atoms with van der Waals surface area (Å²) in [4.78, 5) is 7.29. The number of anilines is 1. The van der Waals surface area contributed by atoms with E-state index in [0.717, 1.165) is 11.8 Å². The molecular weight excluding hydrogens is 207 g/mol. The van der Waals surface area contributed by atoms with Gasteiger partial charge in [0.05, 0.1) is 5.52 Å². The SMILES string of the molecule is BCc1cc2ccccc2nc1N1CCCC1. The summed E-state index contributed by atoms with van der Waals surface area (Å²) in [5, 5.41) is 1.26. The first-order valence-electron chi connectivity index (χ1n) is 6.52. The van der Waals surface area contributed by atoms with E-state index >= 15 is 0 Å². The molecule has 3 rings (SSSR count). The molecule has 0 N–H and O–H groups in total. The van der Waals surface area contributed by atoms with Crippen molar-refractivity contribution in [1.29, 1.82) is 0 Å². The maximum absolute atomic E-state index is 4.85. The van der Waals surface area contributed by atoms with E-state index in [2.05, 4.69) is 43.1 Å². The second-order valence-corrected chi connectivity index (χ2v) is 4.71. The molecular formula is C14H17BN2. The van der Waals surface area contributed by atoms with Gasteiger partial charge in [-0.15, -0.1) is 0 Å². The van der Waals surface area contributed by atoms with E-state index in [0.29, 0.717) is 0 Å². The number of benzene rings is 1. The van der Waals surface area contributed by atoms with Crippen molar-refractivity contribution < 1.29 is 0 Å². The molecule has 1 aromatic carbocycles. The van der Waals surface area contributed by atoms with E-state index in [9.17, 15) is 0 Å². The van der Waals surface area contributed by atoms with E-state index in [4.69, 9.17) is 4.98 Å². The zero-order chi connectivity index (χ0) is 11.7. The van der Waals surface area contributed by atoms with Crippen LogP contribution in [0.3, 0.4) is 0 Å². The van der Waals surface area contributed by atoms with E-state index in [1.165, 1.54) is 42.7 Å². The lowest BCUT2D eigenvalue weighted by Crippen LogP contribution is -2.20. The molecule has 86 valence electrons. The van der Waals surface area contributed by atoms with Gasteiger partial charge in [0.2, 0.25) is 0 Å².